The zero-order chi connectivity index (χ0) is 29.4. The van der Waals surface area contributed by atoms with Gasteiger partial charge in [-0.15, -0.1) is 0 Å². The number of nitrogens with one attached hydrogen (secondary N) is 1. The molecule has 0 bridgehead atoms. The minimum Gasteiger partial charge on any atom is -0.352 e. The van der Waals surface area contributed by atoms with E-state index in [1.54, 1.807) is 30.3 Å². The number of hydrogen-bond donors (Lipinski definition) is 1. The Morgan fingerprint density at radius 3 is 2.27 bits per heavy atom. The molecule has 0 spiro atoms. The summed E-state index contributed by atoms with van der Waals surface area (Å²) in [5, 5.41) is 3.15. The summed E-state index contributed by atoms with van der Waals surface area (Å²) in [4.78, 5) is 29.1. The fraction of sp³-hybridized carbons (Fsp3) is 0.375. The molecule has 41 heavy (non-hydrogen) atoms. The van der Waals surface area contributed by atoms with Crippen molar-refractivity contribution < 1.29 is 22.4 Å². The third-order valence-corrected chi connectivity index (χ3v) is 9.29. The molecule has 0 radical (unpaired) electrons. The molecule has 0 saturated heterocycles. The van der Waals surface area contributed by atoms with Gasteiger partial charge in [-0.2, -0.15) is 0 Å². The molecular weight excluding hydrogens is 541 g/mol. The predicted octanol–water partition coefficient (Wildman–Crippen LogP) is 5.59. The Morgan fingerprint density at radius 2 is 1.63 bits per heavy atom. The maximum absolute atomic E-state index is 14.1. The quantitative estimate of drug-likeness (QED) is 0.321. The van der Waals surface area contributed by atoms with E-state index in [9.17, 15) is 22.4 Å². The van der Waals surface area contributed by atoms with E-state index in [-0.39, 0.29) is 23.4 Å². The molecule has 1 N–H and O–H groups in total. The summed E-state index contributed by atoms with van der Waals surface area (Å²) in [6.45, 7) is 3.43. The van der Waals surface area contributed by atoms with Gasteiger partial charge in [0.25, 0.3) is 10.0 Å². The highest BCUT2D eigenvalue weighted by molar-refractivity contribution is 7.92. The van der Waals surface area contributed by atoms with E-state index in [1.807, 2.05) is 38.1 Å². The molecule has 0 heterocycles. The van der Waals surface area contributed by atoms with Gasteiger partial charge < -0.3 is 10.2 Å². The zero-order valence-electron chi connectivity index (χ0n) is 23.6. The van der Waals surface area contributed by atoms with Gasteiger partial charge >= 0.3 is 0 Å². The van der Waals surface area contributed by atoms with Crippen molar-refractivity contribution in [1.82, 2.24) is 10.2 Å². The molecule has 7 nitrogen and oxygen atoms in total. The maximum Gasteiger partial charge on any atom is 0.264 e. The van der Waals surface area contributed by atoms with Crippen molar-refractivity contribution in [3.8, 4) is 0 Å². The topological polar surface area (TPSA) is 86.8 Å². The standard InChI is InChI=1S/C32H38FN3O4S/c1-3-30(32(38)34-27-13-6-4-7-14-27)35(22-25-12-10-11-24(2)21-25)31(37)23-36(28-15-8-5-9-16-28)41(39,40)29-19-17-26(33)18-20-29/h5,8-12,15-21,27,30H,3-4,6-7,13-14,22-23H2,1-2H3,(H,34,38)/t30-/m0/s1. The Hall–Kier alpha value is -3.72. The predicted molar refractivity (Wildman–Crippen MR) is 158 cm³/mol. The number of amides is 2. The van der Waals surface area contributed by atoms with E-state index in [0.717, 1.165) is 59.7 Å². The summed E-state index contributed by atoms with van der Waals surface area (Å²) in [5.41, 5.74) is 2.15. The van der Waals surface area contributed by atoms with Crippen LogP contribution in [0.2, 0.25) is 0 Å². The van der Waals surface area contributed by atoms with Gasteiger partial charge in [0, 0.05) is 12.6 Å². The summed E-state index contributed by atoms with van der Waals surface area (Å²) in [7, 11) is -4.24. The second-order valence-electron chi connectivity index (χ2n) is 10.6. The first-order chi connectivity index (χ1) is 19.7. The molecule has 1 aliphatic carbocycles. The molecule has 1 saturated carbocycles. The molecule has 1 fully saturated rings. The fourth-order valence-electron chi connectivity index (χ4n) is 5.33. The van der Waals surface area contributed by atoms with Crippen LogP contribution in [0.15, 0.2) is 83.8 Å². The smallest absolute Gasteiger partial charge is 0.264 e. The van der Waals surface area contributed by atoms with Crippen LogP contribution in [0.1, 0.15) is 56.6 Å². The van der Waals surface area contributed by atoms with E-state index < -0.39 is 34.3 Å². The number of hydrogen-bond acceptors (Lipinski definition) is 4. The van der Waals surface area contributed by atoms with E-state index in [1.165, 1.54) is 17.0 Å². The molecule has 0 aromatic heterocycles. The van der Waals surface area contributed by atoms with Crippen molar-refractivity contribution in [3.05, 3.63) is 95.8 Å². The van der Waals surface area contributed by atoms with Gasteiger partial charge in [0.2, 0.25) is 11.8 Å². The highest BCUT2D eigenvalue weighted by atomic mass is 32.2. The van der Waals surface area contributed by atoms with E-state index >= 15 is 0 Å². The lowest BCUT2D eigenvalue weighted by Gasteiger charge is -2.34. The highest BCUT2D eigenvalue weighted by Crippen LogP contribution is 2.25. The molecule has 4 rings (SSSR count). The summed E-state index contributed by atoms with van der Waals surface area (Å²) < 4.78 is 42.2. The molecule has 3 aromatic rings. The van der Waals surface area contributed by atoms with Crippen LogP contribution in [0.3, 0.4) is 0 Å². The number of halogens is 1. The van der Waals surface area contributed by atoms with Crippen LogP contribution in [0.4, 0.5) is 10.1 Å². The number of carbonyl (C=O) groups excluding carboxylic acids is 2. The number of carbonyl (C=O) groups is 2. The molecule has 1 atom stereocenters. The highest BCUT2D eigenvalue weighted by Gasteiger charge is 2.34. The lowest BCUT2D eigenvalue weighted by Crippen LogP contribution is -2.54. The number of nitrogens with zero attached hydrogens (tertiary/aromatic N) is 2. The van der Waals surface area contributed by atoms with Crippen molar-refractivity contribution in [2.24, 2.45) is 0 Å². The Morgan fingerprint density at radius 1 is 0.951 bits per heavy atom. The SMILES string of the molecule is CC[C@@H](C(=O)NC1CCCCC1)N(Cc1cccc(C)c1)C(=O)CN(c1ccccc1)S(=O)(=O)c1ccc(F)cc1. The molecule has 0 aliphatic heterocycles. The third kappa shape index (κ3) is 7.73. The molecule has 2 amide bonds. The first-order valence-corrected chi connectivity index (χ1v) is 15.6. The van der Waals surface area contributed by atoms with Crippen molar-refractivity contribution >= 4 is 27.5 Å². The average molecular weight is 580 g/mol. The fourth-order valence-corrected chi connectivity index (χ4v) is 6.74. The van der Waals surface area contributed by atoms with Crippen LogP contribution >= 0.6 is 0 Å². The van der Waals surface area contributed by atoms with Crippen molar-refractivity contribution in [2.75, 3.05) is 10.8 Å². The van der Waals surface area contributed by atoms with Crippen molar-refractivity contribution in [1.29, 1.82) is 0 Å². The van der Waals surface area contributed by atoms with Crippen molar-refractivity contribution in [3.63, 3.8) is 0 Å². The Kier molecular flexibility index (Phi) is 10.2. The zero-order valence-corrected chi connectivity index (χ0v) is 24.4. The van der Waals surface area contributed by atoms with Crippen molar-refractivity contribution in [2.45, 2.75) is 75.9 Å². The summed E-state index contributed by atoms with van der Waals surface area (Å²) in [6, 6.07) is 19.8. The molecule has 218 valence electrons. The van der Waals surface area contributed by atoms with Crippen LogP contribution in [0.25, 0.3) is 0 Å². The first-order valence-electron chi connectivity index (χ1n) is 14.2. The van der Waals surface area contributed by atoms with Crippen LogP contribution in [-0.2, 0) is 26.2 Å². The minimum absolute atomic E-state index is 0.0703. The molecule has 0 unspecified atom stereocenters. The van der Waals surface area contributed by atoms with Gasteiger partial charge in [-0.25, -0.2) is 12.8 Å². The van der Waals surface area contributed by atoms with Crippen LogP contribution < -0.4 is 9.62 Å². The van der Waals surface area contributed by atoms with E-state index in [4.69, 9.17) is 0 Å². The first kappa shape index (κ1) is 30.2. The van der Waals surface area contributed by atoms with Gasteiger partial charge in [-0.1, -0.05) is 74.2 Å². The molecule has 9 heteroatoms. The van der Waals surface area contributed by atoms with E-state index in [2.05, 4.69) is 5.32 Å². The molecule has 3 aromatic carbocycles. The largest absolute Gasteiger partial charge is 0.352 e. The minimum atomic E-state index is -4.24. The Bertz CT molecular complexity index is 1420. The normalized spacial score (nSPS) is 14.7. The van der Waals surface area contributed by atoms with Gasteiger partial charge in [0.05, 0.1) is 10.6 Å². The van der Waals surface area contributed by atoms with Gasteiger partial charge in [-0.05, 0) is 68.1 Å². The van der Waals surface area contributed by atoms with Gasteiger partial charge in [0.1, 0.15) is 18.4 Å². The van der Waals surface area contributed by atoms with Crippen LogP contribution in [-0.4, -0.2) is 43.8 Å². The maximum atomic E-state index is 14.1. The lowest BCUT2D eigenvalue weighted by atomic mass is 9.95. The number of aryl methyl sites for hydroxylation is 1. The van der Waals surface area contributed by atoms with Crippen LogP contribution in [0.5, 0.6) is 0 Å². The number of sulfonamides is 1. The van der Waals surface area contributed by atoms with E-state index in [0.29, 0.717) is 12.1 Å². The average Bonchev–Trinajstić information content (AvgIpc) is 2.97. The molecule has 1 aliphatic rings. The summed E-state index contributed by atoms with van der Waals surface area (Å²) in [6.07, 6.45) is 5.45. The monoisotopic (exact) mass is 579 g/mol. The number of para-hydroxylation sites is 1. The second kappa shape index (κ2) is 13.8. The molecular formula is C32H38FN3O4S. The lowest BCUT2D eigenvalue weighted by molar-refractivity contribution is -0.140. The second-order valence-corrected chi connectivity index (χ2v) is 12.4. The number of rotatable bonds is 11. The number of anilines is 1. The van der Waals surface area contributed by atoms with Gasteiger partial charge in [-0.3, -0.25) is 13.9 Å². The summed E-state index contributed by atoms with van der Waals surface area (Å²) in [5.74, 6) is -1.30. The summed E-state index contributed by atoms with van der Waals surface area (Å²) >= 11 is 0. The number of benzene rings is 3. The van der Waals surface area contributed by atoms with Gasteiger partial charge in [0.15, 0.2) is 0 Å². The Balaban J connectivity index is 1.68. The third-order valence-electron chi connectivity index (χ3n) is 7.50. The Labute approximate surface area is 242 Å². The van der Waals surface area contributed by atoms with Crippen LogP contribution in [0, 0.1) is 12.7 Å².